The molecule has 23 heavy (non-hydrogen) atoms. The Hall–Kier alpha value is -2.28. The van der Waals surface area contributed by atoms with E-state index in [1.54, 1.807) is 0 Å². The molecular weight excluding hydrogens is 337 g/mol. The molecule has 0 radical (unpaired) electrons. The SMILES string of the molecule is CCOC(=O)c1c(-c2ccc(Cl)cc2)cc(C(F)(F)F)oc1=O. The topological polar surface area (TPSA) is 56.5 Å². The van der Waals surface area contributed by atoms with Crippen LogP contribution < -0.4 is 5.63 Å². The van der Waals surface area contributed by atoms with Gasteiger partial charge in [-0.15, -0.1) is 0 Å². The van der Waals surface area contributed by atoms with Crippen molar-refractivity contribution in [3.63, 3.8) is 0 Å². The Morgan fingerprint density at radius 2 is 1.87 bits per heavy atom. The van der Waals surface area contributed by atoms with Crippen LogP contribution in [-0.2, 0) is 10.9 Å². The van der Waals surface area contributed by atoms with E-state index >= 15 is 0 Å². The third kappa shape index (κ3) is 3.73. The molecule has 1 heterocycles. The second-order valence-electron chi connectivity index (χ2n) is 4.41. The standard InChI is InChI=1S/C15H10ClF3O4/c1-2-22-13(20)12-10(8-3-5-9(16)6-4-8)7-11(15(17,18)19)23-14(12)21/h3-7H,2H2,1H3. The average molecular weight is 347 g/mol. The fourth-order valence-corrected chi connectivity index (χ4v) is 2.01. The fraction of sp³-hybridized carbons (Fsp3) is 0.200. The molecule has 0 N–H and O–H groups in total. The summed E-state index contributed by atoms with van der Waals surface area (Å²) in [4.78, 5) is 23.8. The Morgan fingerprint density at radius 3 is 2.39 bits per heavy atom. The third-order valence-electron chi connectivity index (χ3n) is 2.87. The normalized spacial score (nSPS) is 11.3. The van der Waals surface area contributed by atoms with Crippen LogP contribution in [0.1, 0.15) is 23.0 Å². The van der Waals surface area contributed by atoms with E-state index in [9.17, 15) is 22.8 Å². The van der Waals surface area contributed by atoms with Gasteiger partial charge in [0.25, 0.3) is 0 Å². The van der Waals surface area contributed by atoms with E-state index in [-0.39, 0.29) is 17.7 Å². The van der Waals surface area contributed by atoms with Crippen LogP contribution in [0.2, 0.25) is 5.02 Å². The second-order valence-corrected chi connectivity index (χ2v) is 4.85. The number of rotatable bonds is 3. The van der Waals surface area contributed by atoms with Crippen LogP contribution >= 0.6 is 11.6 Å². The lowest BCUT2D eigenvalue weighted by molar-refractivity contribution is -0.154. The van der Waals surface area contributed by atoms with Crippen molar-refractivity contribution in [3.05, 3.63) is 57.1 Å². The summed E-state index contributed by atoms with van der Waals surface area (Å²) in [6.45, 7) is 1.46. The van der Waals surface area contributed by atoms with E-state index in [0.717, 1.165) is 0 Å². The molecule has 0 aliphatic carbocycles. The minimum Gasteiger partial charge on any atom is -0.462 e. The summed E-state index contributed by atoms with van der Waals surface area (Å²) in [6.07, 6.45) is -4.87. The van der Waals surface area contributed by atoms with Crippen LogP contribution in [0.25, 0.3) is 11.1 Å². The number of hydrogen-bond acceptors (Lipinski definition) is 4. The Kier molecular flexibility index (Phi) is 4.79. The number of esters is 1. The smallest absolute Gasteiger partial charge is 0.449 e. The Morgan fingerprint density at radius 1 is 1.26 bits per heavy atom. The van der Waals surface area contributed by atoms with Gasteiger partial charge in [-0.3, -0.25) is 0 Å². The lowest BCUT2D eigenvalue weighted by Gasteiger charge is -2.11. The van der Waals surface area contributed by atoms with Crippen molar-refractivity contribution in [3.8, 4) is 11.1 Å². The highest BCUT2D eigenvalue weighted by Crippen LogP contribution is 2.33. The van der Waals surface area contributed by atoms with Gasteiger partial charge < -0.3 is 9.15 Å². The molecule has 0 unspecified atom stereocenters. The maximum atomic E-state index is 12.8. The number of hydrogen-bond donors (Lipinski definition) is 0. The molecular formula is C15H10ClF3O4. The quantitative estimate of drug-likeness (QED) is 0.783. The number of carbonyl (C=O) groups excluding carboxylic acids is 1. The van der Waals surface area contributed by atoms with Crippen molar-refractivity contribution in [1.82, 2.24) is 0 Å². The van der Waals surface area contributed by atoms with Gasteiger partial charge in [0.05, 0.1) is 6.61 Å². The van der Waals surface area contributed by atoms with E-state index < -0.39 is 29.1 Å². The molecule has 0 spiro atoms. The number of ether oxygens (including phenoxy) is 1. The lowest BCUT2D eigenvalue weighted by atomic mass is 10.0. The van der Waals surface area contributed by atoms with Crippen molar-refractivity contribution in [2.45, 2.75) is 13.1 Å². The van der Waals surface area contributed by atoms with Crippen LogP contribution in [0.4, 0.5) is 13.2 Å². The predicted molar refractivity (Wildman–Crippen MR) is 76.4 cm³/mol. The molecule has 0 atom stereocenters. The van der Waals surface area contributed by atoms with Crippen LogP contribution in [-0.4, -0.2) is 12.6 Å². The fourth-order valence-electron chi connectivity index (χ4n) is 1.89. The van der Waals surface area contributed by atoms with Gasteiger partial charge in [-0.2, -0.15) is 13.2 Å². The van der Waals surface area contributed by atoms with Crippen LogP contribution in [0.5, 0.6) is 0 Å². The molecule has 1 aromatic carbocycles. The van der Waals surface area contributed by atoms with Crippen molar-refractivity contribution < 1.29 is 27.1 Å². The molecule has 122 valence electrons. The Balaban J connectivity index is 2.73. The minimum atomic E-state index is -4.87. The summed E-state index contributed by atoms with van der Waals surface area (Å²) in [5.41, 5.74) is -2.04. The number of alkyl halides is 3. The molecule has 0 saturated carbocycles. The molecule has 8 heteroatoms. The third-order valence-corrected chi connectivity index (χ3v) is 3.12. The summed E-state index contributed by atoms with van der Waals surface area (Å²) in [6, 6.07) is 6.22. The summed E-state index contributed by atoms with van der Waals surface area (Å²) in [7, 11) is 0. The van der Waals surface area contributed by atoms with E-state index in [0.29, 0.717) is 11.1 Å². The summed E-state index contributed by atoms with van der Waals surface area (Å²) in [5.74, 6) is -2.56. The monoisotopic (exact) mass is 346 g/mol. The molecule has 0 fully saturated rings. The van der Waals surface area contributed by atoms with Crippen molar-refractivity contribution in [1.29, 1.82) is 0 Å². The maximum Gasteiger partial charge on any atom is 0.449 e. The first-order valence-corrected chi connectivity index (χ1v) is 6.80. The molecule has 0 amide bonds. The number of halogens is 4. The van der Waals surface area contributed by atoms with Gasteiger partial charge in [-0.1, -0.05) is 23.7 Å². The van der Waals surface area contributed by atoms with Gasteiger partial charge in [0, 0.05) is 10.6 Å². The molecule has 0 saturated heterocycles. The van der Waals surface area contributed by atoms with E-state index in [1.807, 2.05) is 0 Å². The van der Waals surface area contributed by atoms with E-state index in [2.05, 4.69) is 4.42 Å². The Bertz CT molecular complexity index is 779. The zero-order valence-corrected chi connectivity index (χ0v) is 12.5. The minimum absolute atomic E-state index is 0.0423. The molecule has 2 rings (SSSR count). The average Bonchev–Trinajstić information content (AvgIpc) is 2.46. The maximum absolute atomic E-state index is 12.8. The largest absolute Gasteiger partial charge is 0.462 e. The van der Waals surface area contributed by atoms with Crippen LogP contribution in [0.3, 0.4) is 0 Å². The first-order valence-electron chi connectivity index (χ1n) is 6.42. The first kappa shape index (κ1) is 17.1. The molecule has 4 nitrogen and oxygen atoms in total. The van der Waals surface area contributed by atoms with Gasteiger partial charge in [-0.25, -0.2) is 9.59 Å². The molecule has 2 aromatic rings. The highest BCUT2D eigenvalue weighted by atomic mass is 35.5. The Labute approximate surface area is 133 Å². The second kappa shape index (κ2) is 6.45. The zero-order chi connectivity index (χ0) is 17.2. The summed E-state index contributed by atoms with van der Waals surface area (Å²) in [5, 5.41) is 0.352. The summed E-state index contributed by atoms with van der Waals surface area (Å²) >= 11 is 5.73. The number of benzene rings is 1. The molecule has 0 aliphatic heterocycles. The van der Waals surface area contributed by atoms with Crippen molar-refractivity contribution in [2.24, 2.45) is 0 Å². The zero-order valence-electron chi connectivity index (χ0n) is 11.7. The van der Waals surface area contributed by atoms with E-state index in [4.69, 9.17) is 16.3 Å². The van der Waals surface area contributed by atoms with Gasteiger partial charge in [0.15, 0.2) is 5.56 Å². The number of carbonyl (C=O) groups is 1. The predicted octanol–water partition coefficient (Wildman–Crippen LogP) is 4.16. The van der Waals surface area contributed by atoms with Crippen LogP contribution in [0, 0.1) is 0 Å². The first-order chi connectivity index (χ1) is 10.7. The van der Waals surface area contributed by atoms with Crippen LogP contribution in [0.15, 0.2) is 39.5 Å². The van der Waals surface area contributed by atoms with Gasteiger partial charge in [0.1, 0.15) is 0 Å². The lowest BCUT2D eigenvalue weighted by Crippen LogP contribution is -2.21. The van der Waals surface area contributed by atoms with Crippen molar-refractivity contribution in [2.75, 3.05) is 6.61 Å². The van der Waals surface area contributed by atoms with Gasteiger partial charge in [0.2, 0.25) is 5.76 Å². The molecule has 0 aliphatic rings. The van der Waals surface area contributed by atoms with E-state index in [1.165, 1.54) is 31.2 Å². The highest BCUT2D eigenvalue weighted by molar-refractivity contribution is 6.30. The molecule has 1 aromatic heterocycles. The highest BCUT2D eigenvalue weighted by Gasteiger charge is 2.36. The van der Waals surface area contributed by atoms with Gasteiger partial charge in [-0.05, 0) is 30.7 Å². The van der Waals surface area contributed by atoms with Crippen molar-refractivity contribution >= 4 is 17.6 Å². The molecule has 0 bridgehead atoms. The van der Waals surface area contributed by atoms with Gasteiger partial charge >= 0.3 is 17.8 Å². The summed E-state index contributed by atoms with van der Waals surface area (Å²) < 4.78 is 47.4.